The van der Waals surface area contributed by atoms with Gasteiger partial charge in [0.2, 0.25) is 0 Å². The quantitative estimate of drug-likeness (QED) is 0.799. The summed E-state index contributed by atoms with van der Waals surface area (Å²) in [6, 6.07) is 9.12. The summed E-state index contributed by atoms with van der Waals surface area (Å²) in [5, 5.41) is 15.6. The zero-order valence-corrected chi connectivity index (χ0v) is 14.5. The van der Waals surface area contributed by atoms with Crippen LogP contribution in [-0.2, 0) is 19.0 Å². The zero-order chi connectivity index (χ0) is 18.0. The van der Waals surface area contributed by atoms with E-state index < -0.39 is 11.6 Å². The minimum atomic E-state index is -0.827. The third-order valence-electron chi connectivity index (χ3n) is 4.92. The van der Waals surface area contributed by atoms with Gasteiger partial charge in [0.1, 0.15) is 5.69 Å². The molecule has 6 heteroatoms. The zero-order valence-electron chi connectivity index (χ0n) is 14.5. The summed E-state index contributed by atoms with van der Waals surface area (Å²) in [6.45, 7) is 1.58. The number of nitrogens with one attached hydrogen (secondary N) is 2. The third-order valence-corrected chi connectivity index (χ3v) is 4.92. The predicted octanol–water partition coefficient (Wildman–Crippen LogP) is 2.04. The van der Waals surface area contributed by atoms with Gasteiger partial charge in [-0.15, -0.1) is 0 Å². The molecule has 0 saturated heterocycles. The number of aliphatic hydroxyl groups excluding tert-OH is 1. The highest BCUT2D eigenvalue weighted by Gasteiger charge is 2.37. The Morgan fingerprint density at radius 2 is 2.08 bits per heavy atom. The van der Waals surface area contributed by atoms with Gasteiger partial charge < -0.3 is 20.3 Å². The molecular weight excluding hydrogens is 318 g/mol. The monoisotopic (exact) mass is 341 g/mol. The van der Waals surface area contributed by atoms with Crippen LogP contribution in [-0.4, -0.2) is 22.3 Å². The first-order chi connectivity index (χ1) is 12.0. The number of nitrogens with zero attached hydrogens (tertiary/aromatic N) is 1. The maximum absolute atomic E-state index is 12.6. The fourth-order valence-electron chi connectivity index (χ4n) is 3.49. The molecule has 0 radical (unpaired) electrons. The van der Waals surface area contributed by atoms with Gasteiger partial charge in [0.25, 0.3) is 5.56 Å². The van der Waals surface area contributed by atoms with Gasteiger partial charge in [0.05, 0.1) is 12.1 Å². The van der Waals surface area contributed by atoms with E-state index in [1.165, 1.54) is 4.57 Å². The molecule has 2 amide bonds. The van der Waals surface area contributed by atoms with Crippen molar-refractivity contribution in [1.82, 2.24) is 9.88 Å². The van der Waals surface area contributed by atoms with E-state index in [0.29, 0.717) is 12.0 Å². The second kappa shape index (κ2) is 6.72. The van der Waals surface area contributed by atoms with Crippen LogP contribution in [0.2, 0.25) is 0 Å². The van der Waals surface area contributed by atoms with Crippen LogP contribution in [0.25, 0.3) is 0 Å². The Kier molecular flexibility index (Phi) is 4.63. The first kappa shape index (κ1) is 17.2. The number of hydrogen-bond acceptors (Lipinski definition) is 3. The molecule has 0 bridgehead atoms. The summed E-state index contributed by atoms with van der Waals surface area (Å²) >= 11 is 0. The number of anilines is 1. The molecule has 1 unspecified atom stereocenters. The Morgan fingerprint density at radius 3 is 2.84 bits per heavy atom. The Balaban J connectivity index is 1.88. The van der Waals surface area contributed by atoms with Crippen LogP contribution in [0.15, 0.2) is 41.3 Å². The Morgan fingerprint density at radius 1 is 1.32 bits per heavy atom. The fraction of sp³-hybridized carbons (Fsp3) is 0.368. The van der Waals surface area contributed by atoms with Crippen LogP contribution in [0.4, 0.5) is 10.5 Å². The molecule has 1 atom stereocenters. The van der Waals surface area contributed by atoms with Crippen LogP contribution in [0, 0.1) is 6.92 Å². The van der Waals surface area contributed by atoms with Gasteiger partial charge in [0, 0.05) is 13.2 Å². The number of benzene rings is 1. The van der Waals surface area contributed by atoms with E-state index in [-0.39, 0.29) is 17.9 Å². The average Bonchev–Trinajstić information content (AvgIpc) is 2.62. The molecule has 1 aromatic heterocycles. The SMILES string of the molecule is Cc1ccn(C)c(=O)c1NC(=O)NC1(CO)CCCc2ccccc21. The predicted molar refractivity (Wildman–Crippen MR) is 96.7 cm³/mol. The molecule has 1 aliphatic carbocycles. The summed E-state index contributed by atoms with van der Waals surface area (Å²) in [6.07, 6.45) is 4.12. The number of pyridine rings is 1. The third kappa shape index (κ3) is 3.17. The summed E-state index contributed by atoms with van der Waals surface area (Å²) in [5.74, 6) is 0. The first-order valence-corrected chi connectivity index (χ1v) is 8.41. The minimum absolute atomic E-state index is 0.191. The van der Waals surface area contributed by atoms with Gasteiger partial charge in [-0.3, -0.25) is 4.79 Å². The van der Waals surface area contributed by atoms with Gasteiger partial charge in [-0.25, -0.2) is 4.79 Å². The first-order valence-electron chi connectivity index (χ1n) is 8.41. The highest BCUT2D eigenvalue weighted by Crippen LogP contribution is 2.35. The van der Waals surface area contributed by atoms with Crippen molar-refractivity contribution in [2.24, 2.45) is 7.05 Å². The lowest BCUT2D eigenvalue weighted by molar-refractivity contribution is 0.147. The molecule has 0 spiro atoms. The maximum atomic E-state index is 12.6. The number of rotatable bonds is 3. The van der Waals surface area contributed by atoms with Gasteiger partial charge in [-0.2, -0.15) is 0 Å². The highest BCUT2D eigenvalue weighted by molar-refractivity contribution is 5.90. The van der Waals surface area contributed by atoms with Crippen LogP contribution < -0.4 is 16.2 Å². The molecule has 0 fully saturated rings. The number of hydrogen-bond donors (Lipinski definition) is 3. The van der Waals surface area contributed by atoms with Gasteiger partial charge in [-0.1, -0.05) is 24.3 Å². The summed E-state index contributed by atoms with van der Waals surface area (Å²) in [7, 11) is 1.64. The van der Waals surface area contributed by atoms with Crippen LogP contribution >= 0.6 is 0 Å². The lowest BCUT2D eigenvalue weighted by atomic mass is 9.77. The van der Waals surface area contributed by atoms with Crippen molar-refractivity contribution in [1.29, 1.82) is 0 Å². The summed E-state index contributed by atoms with van der Waals surface area (Å²) in [5.41, 5.74) is 1.93. The van der Waals surface area contributed by atoms with Crippen molar-refractivity contribution in [3.63, 3.8) is 0 Å². The van der Waals surface area contributed by atoms with Crippen LogP contribution in [0.3, 0.4) is 0 Å². The summed E-state index contributed by atoms with van der Waals surface area (Å²) < 4.78 is 1.42. The van der Waals surface area contributed by atoms with Crippen LogP contribution in [0.5, 0.6) is 0 Å². The van der Waals surface area contributed by atoms with Gasteiger partial charge in [-0.05, 0) is 48.9 Å². The molecule has 1 heterocycles. The molecule has 2 aromatic rings. The second-order valence-corrected chi connectivity index (χ2v) is 6.62. The molecule has 1 aliphatic rings. The van der Waals surface area contributed by atoms with E-state index in [2.05, 4.69) is 10.6 Å². The van der Waals surface area contributed by atoms with E-state index in [1.807, 2.05) is 24.3 Å². The van der Waals surface area contributed by atoms with E-state index in [4.69, 9.17) is 0 Å². The normalized spacial score (nSPS) is 19.2. The van der Waals surface area contributed by atoms with Crippen molar-refractivity contribution in [3.8, 4) is 0 Å². The van der Waals surface area contributed by atoms with Crippen molar-refractivity contribution in [2.75, 3.05) is 11.9 Å². The minimum Gasteiger partial charge on any atom is -0.394 e. The molecule has 3 N–H and O–H groups in total. The number of fused-ring (bicyclic) bond motifs is 1. The number of aliphatic hydroxyl groups is 1. The number of amides is 2. The standard InChI is InChI=1S/C19H23N3O3/c1-13-9-11-22(2)17(24)16(13)20-18(25)21-19(12-23)10-5-7-14-6-3-4-8-15(14)19/h3-4,6,8-9,11,23H,5,7,10,12H2,1-2H3,(H2,20,21,25). The van der Waals surface area contributed by atoms with E-state index >= 15 is 0 Å². The van der Waals surface area contributed by atoms with Gasteiger partial charge in [0.15, 0.2) is 0 Å². The van der Waals surface area contributed by atoms with Gasteiger partial charge >= 0.3 is 6.03 Å². The smallest absolute Gasteiger partial charge is 0.320 e. The van der Waals surface area contributed by atoms with Crippen molar-refractivity contribution < 1.29 is 9.90 Å². The summed E-state index contributed by atoms with van der Waals surface area (Å²) in [4.78, 5) is 24.8. The number of carbonyl (C=O) groups is 1. The molecule has 25 heavy (non-hydrogen) atoms. The molecular formula is C19H23N3O3. The van der Waals surface area contributed by atoms with E-state index in [9.17, 15) is 14.7 Å². The molecule has 3 rings (SSSR count). The van der Waals surface area contributed by atoms with Crippen molar-refractivity contribution in [2.45, 2.75) is 31.7 Å². The van der Waals surface area contributed by atoms with E-state index in [1.54, 1.807) is 26.2 Å². The molecule has 1 aromatic carbocycles. The number of urea groups is 1. The maximum Gasteiger partial charge on any atom is 0.320 e. The van der Waals surface area contributed by atoms with Crippen molar-refractivity contribution in [3.05, 3.63) is 63.6 Å². The molecule has 6 nitrogen and oxygen atoms in total. The average molecular weight is 341 g/mol. The lowest BCUT2D eigenvalue weighted by Crippen LogP contribution is -2.52. The molecule has 0 saturated carbocycles. The molecule has 132 valence electrons. The Bertz CT molecular complexity index is 859. The largest absolute Gasteiger partial charge is 0.394 e. The fourth-order valence-corrected chi connectivity index (χ4v) is 3.49. The number of carbonyl (C=O) groups excluding carboxylic acids is 1. The van der Waals surface area contributed by atoms with Crippen LogP contribution in [0.1, 0.15) is 29.5 Å². The molecule has 0 aliphatic heterocycles. The topological polar surface area (TPSA) is 83.4 Å². The lowest BCUT2D eigenvalue weighted by Gasteiger charge is -2.38. The number of aromatic nitrogens is 1. The highest BCUT2D eigenvalue weighted by atomic mass is 16.3. The van der Waals surface area contributed by atoms with E-state index in [0.717, 1.165) is 24.0 Å². The number of aryl methyl sites for hydroxylation is 3. The Hall–Kier alpha value is -2.60. The second-order valence-electron chi connectivity index (χ2n) is 6.62. The van der Waals surface area contributed by atoms with Crippen molar-refractivity contribution >= 4 is 11.7 Å². The Labute approximate surface area is 146 Å².